The van der Waals surface area contributed by atoms with Gasteiger partial charge in [-0.15, -0.1) is 0 Å². The van der Waals surface area contributed by atoms with Crippen LogP contribution in [0.3, 0.4) is 0 Å². The smallest absolute Gasteiger partial charge is 0.338 e. The van der Waals surface area contributed by atoms with Crippen LogP contribution in [0.5, 0.6) is 0 Å². The highest BCUT2D eigenvalue weighted by Gasteiger charge is 2.51. The zero-order chi connectivity index (χ0) is 25.8. The van der Waals surface area contributed by atoms with Crippen LogP contribution in [0.2, 0.25) is 0 Å². The van der Waals surface area contributed by atoms with Crippen molar-refractivity contribution in [2.75, 3.05) is 31.6 Å². The van der Waals surface area contributed by atoms with E-state index in [1.165, 1.54) is 4.90 Å². The number of halogens is 6. The van der Waals surface area contributed by atoms with E-state index in [4.69, 9.17) is 0 Å². The number of anilines is 1. The minimum atomic E-state index is -5.04. The molecular formula is C24H23F6N3O2. The molecule has 35 heavy (non-hydrogen) atoms. The van der Waals surface area contributed by atoms with E-state index in [0.29, 0.717) is 31.5 Å². The molecule has 2 aliphatic heterocycles. The topological polar surface area (TPSA) is 43.9 Å². The summed E-state index contributed by atoms with van der Waals surface area (Å²) >= 11 is 0. The van der Waals surface area contributed by atoms with Crippen LogP contribution in [0.15, 0.2) is 42.5 Å². The third kappa shape index (κ3) is 4.55. The van der Waals surface area contributed by atoms with Crippen LogP contribution >= 0.6 is 0 Å². The second kappa shape index (κ2) is 8.46. The van der Waals surface area contributed by atoms with E-state index in [-0.39, 0.29) is 25.2 Å². The van der Waals surface area contributed by atoms with Crippen LogP contribution in [0.1, 0.15) is 39.9 Å². The first-order chi connectivity index (χ1) is 16.2. The van der Waals surface area contributed by atoms with Crippen molar-refractivity contribution < 1.29 is 35.9 Å². The van der Waals surface area contributed by atoms with Crippen molar-refractivity contribution in [1.29, 1.82) is 0 Å². The van der Waals surface area contributed by atoms with Gasteiger partial charge >= 0.3 is 18.4 Å². The third-order valence-electron chi connectivity index (χ3n) is 6.70. The summed E-state index contributed by atoms with van der Waals surface area (Å²) in [5.41, 5.74) is -2.75. The van der Waals surface area contributed by atoms with Gasteiger partial charge < -0.3 is 9.80 Å². The van der Waals surface area contributed by atoms with Crippen LogP contribution in [-0.2, 0) is 12.4 Å². The Morgan fingerprint density at radius 2 is 1.46 bits per heavy atom. The molecule has 2 aromatic carbocycles. The molecule has 2 heterocycles. The molecule has 2 saturated heterocycles. The van der Waals surface area contributed by atoms with Gasteiger partial charge in [-0.3, -0.25) is 9.69 Å². The Kier molecular flexibility index (Phi) is 6.01. The minimum absolute atomic E-state index is 0.00201. The molecule has 0 aromatic heterocycles. The van der Waals surface area contributed by atoms with Gasteiger partial charge in [0.1, 0.15) is 0 Å². The number of hydrogen-bond donors (Lipinski definition) is 0. The lowest BCUT2D eigenvalue weighted by molar-refractivity contribution is -0.143. The van der Waals surface area contributed by atoms with Crippen LogP contribution in [0.4, 0.5) is 36.8 Å². The van der Waals surface area contributed by atoms with E-state index in [2.05, 4.69) is 0 Å². The maximum atomic E-state index is 13.2. The Balaban J connectivity index is 1.61. The molecule has 0 unspecified atom stereocenters. The van der Waals surface area contributed by atoms with Gasteiger partial charge in [0.15, 0.2) is 0 Å². The van der Waals surface area contributed by atoms with Crippen molar-refractivity contribution in [3.8, 4) is 0 Å². The fraction of sp³-hybridized carbons (Fsp3) is 0.417. The van der Waals surface area contributed by atoms with E-state index < -0.39 is 40.5 Å². The maximum Gasteiger partial charge on any atom is 0.416 e. The highest BCUT2D eigenvalue weighted by Crippen LogP contribution is 2.41. The van der Waals surface area contributed by atoms with Crippen molar-refractivity contribution in [1.82, 2.24) is 9.80 Å². The fourth-order valence-electron chi connectivity index (χ4n) is 4.90. The standard InChI is InChI=1S/C24H23F6N3O2/c1-15-5-3-4-6-19(15)33-21(35)31(2)14-22(33)7-9-32(10-8-22)20(34)16-11-17(23(25,26)27)13-18(12-16)24(28,29)30/h3-6,11-13H,7-10,14H2,1-2H3. The monoisotopic (exact) mass is 499 g/mol. The molecule has 0 radical (unpaired) electrons. The molecule has 0 saturated carbocycles. The number of rotatable bonds is 2. The molecule has 4 rings (SSSR count). The molecule has 2 fully saturated rings. The molecule has 11 heteroatoms. The lowest BCUT2D eigenvalue weighted by Gasteiger charge is -2.44. The summed E-state index contributed by atoms with van der Waals surface area (Å²) in [6.07, 6.45) is -9.42. The van der Waals surface area contributed by atoms with Gasteiger partial charge in [-0.2, -0.15) is 26.3 Å². The van der Waals surface area contributed by atoms with Gasteiger partial charge in [0.2, 0.25) is 0 Å². The second-order valence-electron chi connectivity index (χ2n) is 9.07. The molecule has 0 bridgehead atoms. The zero-order valence-corrected chi connectivity index (χ0v) is 19.0. The second-order valence-corrected chi connectivity index (χ2v) is 9.07. The molecule has 3 amide bonds. The van der Waals surface area contributed by atoms with Gasteiger partial charge in [0, 0.05) is 37.9 Å². The first-order valence-electron chi connectivity index (χ1n) is 10.9. The Labute approximate surface area is 197 Å². The highest BCUT2D eigenvalue weighted by molar-refractivity contribution is 5.97. The van der Waals surface area contributed by atoms with E-state index in [0.717, 1.165) is 11.3 Å². The number of aryl methyl sites for hydroxylation is 1. The molecule has 5 nitrogen and oxygen atoms in total. The van der Waals surface area contributed by atoms with Gasteiger partial charge in [-0.1, -0.05) is 18.2 Å². The number of carbonyl (C=O) groups is 2. The summed E-state index contributed by atoms with van der Waals surface area (Å²) < 4.78 is 79.3. The molecular weight excluding hydrogens is 476 g/mol. The molecule has 0 aliphatic carbocycles. The first kappa shape index (κ1) is 24.9. The summed E-state index contributed by atoms with van der Waals surface area (Å²) in [4.78, 5) is 30.5. The predicted octanol–water partition coefficient (Wildman–Crippen LogP) is 5.58. The van der Waals surface area contributed by atoms with Crippen molar-refractivity contribution in [2.24, 2.45) is 0 Å². The predicted molar refractivity (Wildman–Crippen MR) is 116 cm³/mol. The summed E-state index contributed by atoms with van der Waals surface area (Å²) in [5, 5.41) is 0. The van der Waals surface area contributed by atoms with Gasteiger partial charge in [-0.05, 0) is 49.6 Å². The molecule has 0 atom stereocenters. The zero-order valence-electron chi connectivity index (χ0n) is 19.0. The summed E-state index contributed by atoms with van der Waals surface area (Å²) in [6.45, 7) is 2.43. The van der Waals surface area contributed by atoms with Crippen LogP contribution in [0, 0.1) is 6.92 Å². The quantitative estimate of drug-likeness (QED) is 0.507. The fourth-order valence-corrected chi connectivity index (χ4v) is 4.90. The average Bonchev–Trinajstić information content (AvgIpc) is 3.02. The lowest BCUT2D eigenvalue weighted by atomic mass is 9.85. The molecule has 0 N–H and O–H groups in total. The Morgan fingerprint density at radius 3 is 1.97 bits per heavy atom. The van der Waals surface area contributed by atoms with E-state index >= 15 is 0 Å². The van der Waals surface area contributed by atoms with Crippen molar-refractivity contribution in [2.45, 2.75) is 37.7 Å². The van der Waals surface area contributed by atoms with Crippen LogP contribution in [0.25, 0.3) is 0 Å². The van der Waals surface area contributed by atoms with Crippen molar-refractivity contribution in [3.63, 3.8) is 0 Å². The SMILES string of the molecule is Cc1ccccc1N1C(=O)N(C)CC12CCN(C(=O)c1cc(C(F)(F)F)cc(C(F)(F)F)c1)CC2. The van der Waals surface area contributed by atoms with Crippen molar-refractivity contribution >= 4 is 17.6 Å². The maximum absolute atomic E-state index is 13.2. The van der Waals surface area contributed by atoms with Gasteiger partial charge in [0.05, 0.1) is 16.7 Å². The van der Waals surface area contributed by atoms with E-state index in [1.807, 2.05) is 31.2 Å². The Morgan fingerprint density at radius 1 is 0.914 bits per heavy atom. The summed E-state index contributed by atoms with van der Waals surface area (Å²) in [7, 11) is 1.67. The molecule has 188 valence electrons. The number of para-hydroxylation sites is 1. The highest BCUT2D eigenvalue weighted by atomic mass is 19.4. The number of nitrogens with zero attached hydrogens (tertiary/aromatic N) is 3. The first-order valence-corrected chi connectivity index (χ1v) is 10.9. The number of alkyl halides is 6. The van der Waals surface area contributed by atoms with Crippen LogP contribution in [-0.4, -0.2) is 54.0 Å². The summed E-state index contributed by atoms with van der Waals surface area (Å²) in [5.74, 6) is -0.906. The normalized spacial score (nSPS) is 18.5. The Bertz CT molecular complexity index is 1120. The number of urea groups is 1. The molecule has 1 spiro atoms. The number of carbonyl (C=O) groups excluding carboxylic acids is 2. The number of likely N-dealkylation sites (tertiary alicyclic amines) is 1. The van der Waals surface area contributed by atoms with E-state index in [1.54, 1.807) is 16.8 Å². The Hall–Kier alpha value is -3.24. The number of hydrogen-bond acceptors (Lipinski definition) is 2. The van der Waals surface area contributed by atoms with Gasteiger partial charge in [-0.25, -0.2) is 4.79 Å². The number of amides is 3. The number of benzene rings is 2. The summed E-state index contributed by atoms with van der Waals surface area (Å²) in [6, 6.07) is 8.07. The van der Waals surface area contributed by atoms with Crippen LogP contribution < -0.4 is 4.90 Å². The minimum Gasteiger partial charge on any atom is -0.338 e. The largest absolute Gasteiger partial charge is 0.416 e. The van der Waals surface area contributed by atoms with Crippen molar-refractivity contribution in [3.05, 3.63) is 64.7 Å². The van der Waals surface area contributed by atoms with Gasteiger partial charge in [0.25, 0.3) is 5.91 Å². The molecule has 2 aromatic rings. The lowest BCUT2D eigenvalue weighted by Crippen LogP contribution is -2.56. The number of likely N-dealkylation sites (N-methyl/N-ethyl adjacent to an activating group) is 1. The number of piperidine rings is 1. The van der Waals surface area contributed by atoms with E-state index in [9.17, 15) is 35.9 Å². The average molecular weight is 499 g/mol. The third-order valence-corrected chi connectivity index (χ3v) is 6.70. The molecule has 2 aliphatic rings.